The first kappa shape index (κ1) is 24.1. The van der Waals surface area contributed by atoms with Gasteiger partial charge in [0.1, 0.15) is 21.5 Å². The molecule has 0 bridgehead atoms. The second-order valence-corrected chi connectivity index (χ2v) is 10.9. The zero-order chi connectivity index (χ0) is 26.1. The van der Waals surface area contributed by atoms with Crippen LogP contribution in [0.3, 0.4) is 0 Å². The number of anilines is 1. The number of benzene rings is 3. The van der Waals surface area contributed by atoms with Crippen LogP contribution in [0.5, 0.6) is 11.5 Å². The summed E-state index contributed by atoms with van der Waals surface area (Å²) in [6, 6.07) is 24.6. The molecular weight excluding hydrogens is 518 g/mol. The minimum atomic E-state index is -0.353. The van der Waals surface area contributed by atoms with Crippen molar-refractivity contribution in [2.45, 2.75) is 13.0 Å². The van der Waals surface area contributed by atoms with Crippen molar-refractivity contribution in [2.24, 2.45) is 0 Å². The molecule has 3 aromatic carbocycles. The van der Waals surface area contributed by atoms with Crippen molar-refractivity contribution in [3.8, 4) is 22.1 Å². The lowest BCUT2D eigenvalue weighted by Gasteiger charge is -2.25. The van der Waals surface area contributed by atoms with E-state index in [0.29, 0.717) is 30.8 Å². The maximum atomic E-state index is 13.3. The Hall–Kier alpha value is -4.21. The average molecular weight is 542 g/mol. The molecule has 1 aliphatic heterocycles. The van der Waals surface area contributed by atoms with Crippen LogP contribution in [0.25, 0.3) is 20.8 Å². The first-order valence-electron chi connectivity index (χ1n) is 12.1. The lowest BCUT2D eigenvalue weighted by atomic mass is 10.0. The highest BCUT2D eigenvalue weighted by Gasteiger charge is 2.30. The van der Waals surface area contributed by atoms with E-state index in [-0.39, 0.29) is 12.0 Å². The van der Waals surface area contributed by atoms with Crippen molar-refractivity contribution < 1.29 is 19.1 Å². The van der Waals surface area contributed by atoms with Crippen molar-refractivity contribution in [3.05, 3.63) is 94.9 Å². The van der Waals surface area contributed by atoms with Gasteiger partial charge in [-0.25, -0.2) is 9.78 Å². The summed E-state index contributed by atoms with van der Waals surface area (Å²) in [5, 5.41) is 4.72. The Kier molecular flexibility index (Phi) is 6.53. The number of aromatic nitrogens is 1. The van der Waals surface area contributed by atoms with Gasteiger partial charge in [-0.2, -0.15) is 0 Å². The number of para-hydroxylation sites is 2. The minimum Gasteiger partial charge on any atom is -0.457 e. The van der Waals surface area contributed by atoms with Gasteiger partial charge < -0.3 is 19.7 Å². The van der Waals surface area contributed by atoms with Crippen LogP contribution in [0.4, 0.5) is 9.80 Å². The fraction of sp³-hybridized carbons (Fsp3) is 0.138. The number of fused-ring (bicyclic) bond motifs is 2. The summed E-state index contributed by atoms with van der Waals surface area (Å²) >= 11 is 3.09. The Balaban J connectivity index is 1.31. The van der Waals surface area contributed by atoms with Gasteiger partial charge >= 0.3 is 6.09 Å². The first-order chi connectivity index (χ1) is 18.6. The van der Waals surface area contributed by atoms with Crippen molar-refractivity contribution in [1.29, 1.82) is 0 Å². The fourth-order valence-corrected chi connectivity index (χ4v) is 6.82. The van der Waals surface area contributed by atoms with Crippen LogP contribution in [0.15, 0.2) is 78.9 Å². The molecular formula is C29H23N3O4S2. The quantitative estimate of drug-likeness (QED) is 0.255. The number of hydrogen-bond acceptors (Lipinski definition) is 7. The zero-order valence-electron chi connectivity index (χ0n) is 20.5. The molecule has 0 spiro atoms. The largest absolute Gasteiger partial charge is 0.457 e. The molecule has 9 heteroatoms. The summed E-state index contributed by atoms with van der Waals surface area (Å²) in [5.41, 5.74) is 3.50. The Morgan fingerprint density at radius 2 is 1.66 bits per heavy atom. The number of hydrogen-bond donors (Lipinski definition) is 1. The van der Waals surface area contributed by atoms with Gasteiger partial charge in [0.15, 0.2) is 0 Å². The van der Waals surface area contributed by atoms with Gasteiger partial charge in [-0.15, -0.1) is 22.7 Å². The summed E-state index contributed by atoms with van der Waals surface area (Å²) in [6.45, 7) is 0.983. The molecule has 38 heavy (non-hydrogen) atoms. The Bertz CT molecular complexity index is 1590. The third-order valence-corrected chi connectivity index (χ3v) is 8.51. The number of ether oxygens (including phenoxy) is 2. The number of thiophene rings is 1. The van der Waals surface area contributed by atoms with Gasteiger partial charge in [-0.3, -0.25) is 4.79 Å². The molecule has 0 radical (unpaired) electrons. The lowest BCUT2D eigenvalue weighted by molar-refractivity contribution is 0.102. The highest BCUT2D eigenvalue weighted by molar-refractivity contribution is 7.23. The van der Waals surface area contributed by atoms with Crippen LogP contribution in [0, 0.1) is 0 Å². The average Bonchev–Trinajstić information content (AvgIpc) is 3.53. The molecule has 5 aromatic rings. The van der Waals surface area contributed by atoms with Crippen molar-refractivity contribution in [1.82, 2.24) is 9.88 Å². The van der Waals surface area contributed by atoms with Gasteiger partial charge in [-0.1, -0.05) is 30.3 Å². The molecule has 6 rings (SSSR count). The van der Waals surface area contributed by atoms with E-state index < -0.39 is 0 Å². The summed E-state index contributed by atoms with van der Waals surface area (Å²) in [4.78, 5) is 33.1. The highest BCUT2D eigenvalue weighted by atomic mass is 32.1. The van der Waals surface area contributed by atoms with Crippen LogP contribution in [0.1, 0.15) is 20.8 Å². The predicted octanol–water partition coefficient (Wildman–Crippen LogP) is 7.19. The molecule has 7 nitrogen and oxygen atoms in total. The first-order valence-corrected chi connectivity index (χ1v) is 13.7. The zero-order valence-corrected chi connectivity index (χ0v) is 22.1. The Morgan fingerprint density at radius 1 is 0.921 bits per heavy atom. The number of carbonyl (C=O) groups excluding carboxylic acids is 2. The van der Waals surface area contributed by atoms with Crippen LogP contribution >= 0.6 is 22.7 Å². The molecule has 0 unspecified atom stereocenters. The summed E-state index contributed by atoms with van der Waals surface area (Å²) in [7, 11) is 1.39. The molecule has 2 aromatic heterocycles. The Morgan fingerprint density at radius 3 is 2.42 bits per heavy atom. The molecule has 0 atom stereocenters. The number of nitrogens with one attached hydrogen (secondary N) is 1. The summed E-state index contributed by atoms with van der Waals surface area (Å²) in [6.07, 6.45) is 0.308. The molecule has 2 amide bonds. The molecule has 3 heterocycles. The van der Waals surface area contributed by atoms with E-state index in [1.807, 2.05) is 54.6 Å². The smallest absolute Gasteiger partial charge is 0.409 e. The number of methoxy groups -OCH3 is 1. The molecule has 0 saturated carbocycles. The molecule has 0 saturated heterocycles. The predicted molar refractivity (Wildman–Crippen MR) is 150 cm³/mol. The molecule has 1 aliphatic rings. The maximum Gasteiger partial charge on any atom is 0.409 e. The SMILES string of the molecule is COC(=O)N1CCc2c(sc(NC(=O)c3ccc(Oc4ccccc4)cc3)c2-c2nc3ccccc3s2)C1. The number of rotatable bonds is 5. The Labute approximate surface area is 227 Å². The van der Waals surface area contributed by atoms with Crippen molar-refractivity contribution >= 4 is 49.9 Å². The summed E-state index contributed by atoms with van der Waals surface area (Å²) in [5.74, 6) is 1.16. The second-order valence-electron chi connectivity index (χ2n) is 8.73. The van der Waals surface area contributed by atoms with Crippen LogP contribution in [-0.4, -0.2) is 35.5 Å². The van der Waals surface area contributed by atoms with E-state index in [9.17, 15) is 9.59 Å². The van der Waals surface area contributed by atoms with E-state index >= 15 is 0 Å². The third-order valence-electron chi connectivity index (χ3n) is 6.32. The number of nitrogens with zero attached hydrogens (tertiary/aromatic N) is 2. The molecule has 0 fully saturated rings. The van der Waals surface area contributed by atoms with Crippen molar-refractivity contribution in [2.75, 3.05) is 19.0 Å². The fourth-order valence-electron chi connectivity index (χ4n) is 4.46. The minimum absolute atomic E-state index is 0.220. The van der Waals surface area contributed by atoms with Gasteiger partial charge in [0.25, 0.3) is 5.91 Å². The van der Waals surface area contributed by atoms with Crippen LogP contribution in [0.2, 0.25) is 0 Å². The van der Waals surface area contributed by atoms with Crippen molar-refractivity contribution in [3.63, 3.8) is 0 Å². The highest BCUT2D eigenvalue weighted by Crippen LogP contribution is 2.46. The monoisotopic (exact) mass is 541 g/mol. The van der Waals surface area contributed by atoms with Gasteiger partial charge in [-0.05, 0) is 60.5 Å². The van der Waals surface area contributed by atoms with E-state index in [4.69, 9.17) is 14.5 Å². The molecule has 190 valence electrons. The number of carbonyl (C=O) groups is 2. The third kappa shape index (κ3) is 4.73. The van der Waals surface area contributed by atoms with E-state index in [1.54, 1.807) is 40.5 Å². The van der Waals surface area contributed by atoms with E-state index in [0.717, 1.165) is 42.0 Å². The normalized spacial score (nSPS) is 12.7. The van der Waals surface area contributed by atoms with Crippen LogP contribution < -0.4 is 10.1 Å². The topological polar surface area (TPSA) is 80.8 Å². The molecule has 1 N–H and O–H groups in total. The van der Waals surface area contributed by atoms with Gasteiger partial charge in [0.05, 0.1) is 23.9 Å². The van der Waals surface area contributed by atoms with Gasteiger partial charge in [0.2, 0.25) is 0 Å². The molecule has 0 aliphatic carbocycles. The van der Waals surface area contributed by atoms with E-state index in [2.05, 4.69) is 5.32 Å². The summed E-state index contributed by atoms with van der Waals surface area (Å²) < 4.78 is 11.9. The van der Waals surface area contributed by atoms with Crippen LogP contribution in [-0.2, 0) is 17.7 Å². The number of amides is 2. The lowest BCUT2D eigenvalue weighted by Crippen LogP contribution is -2.35. The second kappa shape index (κ2) is 10.3. The van der Waals surface area contributed by atoms with E-state index in [1.165, 1.54) is 18.4 Å². The number of thiazole rings is 1. The van der Waals surface area contributed by atoms with Gasteiger partial charge in [0, 0.05) is 22.5 Å². The standard InChI is InChI=1S/C29H23N3O4S2/c1-35-29(34)32-16-15-21-24(17-32)38-28(25(21)27-30-22-9-5-6-10-23(22)37-27)31-26(33)18-11-13-20(14-12-18)36-19-7-3-2-4-8-19/h2-14H,15-17H2,1H3,(H,31,33). The maximum absolute atomic E-state index is 13.3.